The van der Waals surface area contributed by atoms with E-state index in [1.165, 1.54) is 6.20 Å². The van der Waals surface area contributed by atoms with Crippen molar-refractivity contribution in [2.24, 2.45) is 0 Å². The van der Waals surface area contributed by atoms with Gasteiger partial charge in [0.15, 0.2) is 0 Å². The smallest absolute Gasteiger partial charge is 0.247 e. The third-order valence-corrected chi connectivity index (χ3v) is 4.23. The fraction of sp³-hybridized carbons (Fsp3) is 0.538. The van der Waals surface area contributed by atoms with Crippen molar-refractivity contribution in [3.05, 3.63) is 23.2 Å². The molecule has 1 fully saturated rings. The molecule has 0 aliphatic carbocycles. The Bertz CT molecular complexity index is 659. The average Bonchev–Trinajstić information content (AvgIpc) is 3.14. The maximum Gasteiger partial charge on any atom is 0.247 e. The van der Waals surface area contributed by atoms with Crippen molar-refractivity contribution in [1.29, 1.82) is 0 Å². The van der Waals surface area contributed by atoms with Gasteiger partial charge in [-0.1, -0.05) is 11.6 Å². The molecule has 3 heterocycles. The van der Waals surface area contributed by atoms with E-state index in [9.17, 15) is 4.79 Å². The first-order valence-corrected chi connectivity index (χ1v) is 7.58. The van der Waals surface area contributed by atoms with Gasteiger partial charge in [-0.15, -0.1) is 5.10 Å². The minimum Gasteiger partial charge on any atom is -0.367 e. The first kappa shape index (κ1) is 14.8. The Hall–Kier alpha value is -2.09. The van der Waals surface area contributed by atoms with Crippen LogP contribution in [0.5, 0.6) is 0 Å². The molecular weight excluding hydrogens is 306 g/mol. The van der Waals surface area contributed by atoms with Crippen LogP contribution in [-0.2, 0) is 4.79 Å². The van der Waals surface area contributed by atoms with Crippen LogP contribution in [0, 0.1) is 0 Å². The molecule has 1 atom stereocenters. The van der Waals surface area contributed by atoms with E-state index in [-0.39, 0.29) is 23.8 Å². The Morgan fingerprint density at radius 3 is 2.77 bits per heavy atom. The van der Waals surface area contributed by atoms with Gasteiger partial charge in [-0.3, -0.25) is 14.6 Å². The highest BCUT2D eigenvalue weighted by atomic mass is 35.5. The van der Waals surface area contributed by atoms with Crippen molar-refractivity contribution < 1.29 is 4.79 Å². The molecule has 1 amide bonds. The van der Waals surface area contributed by atoms with Gasteiger partial charge in [-0.25, -0.2) is 0 Å². The van der Waals surface area contributed by atoms with Gasteiger partial charge in [0.05, 0.1) is 11.2 Å². The molecule has 0 saturated carbocycles. The summed E-state index contributed by atoms with van der Waals surface area (Å²) in [5.41, 5.74) is 5.53. The normalized spacial score (nSPS) is 17.6. The number of rotatable bonds is 3. The highest BCUT2D eigenvalue weighted by Gasteiger charge is 2.29. The monoisotopic (exact) mass is 323 g/mol. The molecule has 2 aromatic rings. The molecule has 0 radical (unpaired) electrons. The van der Waals surface area contributed by atoms with Crippen molar-refractivity contribution in [1.82, 2.24) is 29.9 Å². The summed E-state index contributed by atoms with van der Waals surface area (Å²) in [6, 6.07) is -0.357. The van der Waals surface area contributed by atoms with Crippen molar-refractivity contribution in [3.63, 3.8) is 0 Å². The summed E-state index contributed by atoms with van der Waals surface area (Å²) in [4.78, 5) is 18.5. The summed E-state index contributed by atoms with van der Waals surface area (Å²) in [6.45, 7) is 3.20. The fourth-order valence-corrected chi connectivity index (χ4v) is 2.89. The second kappa shape index (κ2) is 5.96. The predicted molar refractivity (Wildman–Crippen MR) is 81.3 cm³/mol. The van der Waals surface area contributed by atoms with Crippen molar-refractivity contribution in [2.75, 3.05) is 18.8 Å². The summed E-state index contributed by atoms with van der Waals surface area (Å²) in [7, 11) is 0. The van der Waals surface area contributed by atoms with Gasteiger partial charge in [-0.05, 0) is 19.8 Å². The molecule has 9 heteroatoms. The minimum absolute atomic E-state index is 0.0512. The zero-order valence-electron chi connectivity index (χ0n) is 12.2. The SMILES string of the molecule is C[C@@H](C(=O)N1CCC(c2nc(N)n[nH]2)CC1)n1cc(Cl)cn1. The van der Waals surface area contributed by atoms with Crippen LogP contribution in [0.1, 0.15) is 37.5 Å². The number of likely N-dealkylation sites (tertiary alicyclic amines) is 1. The van der Waals surface area contributed by atoms with Gasteiger partial charge in [0, 0.05) is 25.2 Å². The molecule has 0 aromatic carbocycles. The number of amides is 1. The Morgan fingerprint density at radius 1 is 1.50 bits per heavy atom. The molecule has 0 spiro atoms. The fourth-order valence-electron chi connectivity index (χ4n) is 2.75. The van der Waals surface area contributed by atoms with Crippen LogP contribution in [-0.4, -0.2) is 48.9 Å². The van der Waals surface area contributed by atoms with Gasteiger partial charge in [0.1, 0.15) is 11.9 Å². The summed E-state index contributed by atoms with van der Waals surface area (Å²) in [5.74, 6) is 1.38. The van der Waals surface area contributed by atoms with E-state index in [4.69, 9.17) is 17.3 Å². The molecule has 22 heavy (non-hydrogen) atoms. The lowest BCUT2D eigenvalue weighted by Crippen LogP contribution is -2.41. The van der Waals surface area contributed by atoms with E-state index in [0.29, 0.717) is 18.1 Å². The number of hydrogen-bond acceptors (Lipinski definition) is 5. The second-order valence-electron chi connectivity index (χ2n) is 5.49. The second-order valence-corrected chi connectivity index (χ2v) is 5.93. The molecule has 1 aliphatic heterocycles. The third kappa shape index (κ3) is 2.92. The first-order chi connectivity index (χ1) is 10.5. The summed E-state index contributed by atoms with van der Waals surface area (Å²) < 4.78 is 1.59. The van der Waals surface area contributed by atoms with Crippen LogP contribution in [0.4, 0.5) is 5.95 Å². The molecule has 0 unspecified atom stereocenters. The number of aromatic nitrogens is 5. The van der Waals surface area contributed by atoms with Crippen LogP contribution in [0.3, 0.4) is 0 Å². The first-order valence-electron chi connectivity index (χ1n) is 7.21. The number of nitrogens with two attached hydrogens (primary N) is 1. The maximum atomic E-state index is 12.5. The van der Waals surface area contributed by atoms with Gasteiger partial charge in [0.2, 0.25) is 11.9 Å². The number of H-pyrrole nitrogens is 1. The Morgan fingerprint density at radius 2 is 2.23 bits per heavy atom. The highest BCUT2D eigenvalue weighted by molar-refractivity contribution is 6.30. The van der Waals surface area contributed by atoms with Crippen LogP contribution in [0.25, 0.3) is 0 Å². The van der Waals surface area contributed by atoms with E-state index in [0.717, 1.165) is 18.7 Å². The van der Waals surface area contributed by atoms with Crippen LogP contribution < -0.4 is 5.73 Å². The number of anilines is 1. The van der Waals surface area contributed by atoms with Crippen molar-refractivity contribution in [2.45, 2.75) is 31.7 Å². The van der Waals surface area contributed by atoms with Crippen LogP contribution in [0.15, 0.2) is 12.4 Å². The molecule has 2 aromatic heterocycles. The lowest BCUT2D eigenvalue weighted by Gasteiger charge is -2.32. The largest absolute Gasteiger partial charge is 0.367 e. The van der Waals surface area contributed by atoms with Crippen LogP contribution >= 0.6 is 11.6 Å². The van der Waals surface area contributed by atoms with E-state index >= 15 is 0 Å². The van der Waals surface area contributed by atoms with Crippen molar-refractivity contribution in [3.8, 4) is 0 Å². The number of nitrogen functional groups attached to an aromatic ring is 1. The molecule has 1 saturated heterocycles. The number of nitrogens with zero attached hydrogens (tertiary/aromatic N) is 5. The summed E-state index contributed by atoms with van der Waals surface area (Å²) >= 11 is 5.85. The van der Waals surface area contributed by atoms with Gasteiger partial charge < -0.3 is 10.6 Å². The molecule has 1 aliphatic rings. The number of nitrogens with one attached hydrogen (secondary N) is 1. The third-order valence-electron chi connectivity index (χ3n) is 4.04. The van der Waals surface area contributed by atoms with Crippen LogP contribution in [0.2, 0.25) is 5.02 Å². The number of halogens is 1. The Labute approximate surface area is 132 Å². The molecule has 118 valence electrons. The van der Waals surface area contributed by atoms with E-state index in [1.54, 1.807) is 10.9 Å². The number of aromatic amines is 1. The quantitative estimate of drug-likeness (QED) is 0.883. The molecular formula is C13H18ClN7O. The minimum atomic E-state index is -0.357. The zero-order chi connectivity index (χ0) is 15.7. The Kier molecular flexibility index (Phi) is 4.02. The summed E-state index contributed by atoms with van der Waals surface area (Å²) in [5, 5.41) is 11.3. The van der Waals surface area contributed by atoms with Gasteiger partial charge in [0.25, 0.3) is 0 Å². The molecule has 3 rings (SSSR count). The topological polar surface area (TPSA) is 106 Å². The number of carbonyl (C=O) groups excluding carboxylic acids is 1. The molecule has 3 N–H and O–H groups in total. The lowest BCUT2D eigenvalue weighted by molar-refractivity contribution is -0.135. The van der Waals surface area contributed by atoms with Gasteiger partial charge in [-0.2, -0.15) is 10.1 Å². The zero-order valence-corrected chi connectivity index (χ0v) is 13.0. The molecule has 0 bridgehead atoms. The summed E-state index contributed by atoms with van der Waals surface area (Å²) in [6.07, 6.45) is 4.87. The van der Waals surface area contributed by atoms with E-state index in [1.807, 2.05) is 11.8 Å². The highest BCUT2D eigenvalue weighted by Crippen LogP contribution is 2.27. The number of carbonyl (C=O) groups is 1. The predicted octanol–water partition coefficient (Wildman–Crippen LogP) is 1.20. The number of piperidine rings is 1. The lowest BCUT2D eigenvalue weighted by atomic mass is 9.96. The van der Waals surface area contributed by atoms with Crippen molar-refractivity contribution >= 4 is 23.5 Å². The van der Waals surface area contributed by atoms with Gasteiger partial charge >= 0.3 is 0 Å². The number of hydrogen-bond donors (Lipinski definition) is 2. The molecule has 8 nitrogen and oxygen atoms in total. The average molecular weight is 324 g/mol. The van der Waals surface area contributed by atoms with E-state index < -0.39 is 0 Å². The van der Waals surface area contributed by atoms with E-state index in [2.05, 4.69) is 20.3 Å². The maximum absolute atomic E-state index is 12.5. The Balaban J connectivity index is 1.60. The standard InChI is InChI=1S/C13H18ClN7O/c1-8(21-7-10(14)6-16-21)12(22)20-4-2-9(3-5-20)11-17-13(15)19-18-11/h6-9H,2-5H2,1H3,(H3,15,17,18,19)/t8-/m0/s1.